The lowest BCUT2D eigenvalue weighted by atomic mass is 9.93. The van der Waals surface area contributed by atoms with Crippen LogP contribution in [0.25, 0.3) is 0 Å². The van der Waals surface area contributed by atoms with E-state index in [0.717, 1.165) is 64.3 Å². The van der Waals surface area contributed by atoms with Crippen molar-refractivity contribution >= 4 is 11.8 Å². The molecule has 2 aromatic carbocycles. The highest BCUT2D eigenvalue weighted by Gasteiger charge is 2.24. The highest BCUT2D eigenvalue weighted by molar-refractivity contribution is 5.95. The van der Waals surface area contributed by atoms with E-state index in [9.17, 15) is 9.59 Å². The van der Waals surface area contributed by atoms with Crippen LogP contribution in [0.3, 0.4) is 0 Å². The summed E-state index contributed by atoms with van der Waals surface area (Å²) in [6.07, 6.45) is 3.31. The second-order valence-electron chi connectivity index (χ2n) is 8.83. The second kappa shape index (κ2) is 11.3. The number of morpholine rings is 1. The molecule has 0 unspecified atom stereocenters. The fourth-order valence-corrected chi connectivity index (χ4v) is 4.55. The van der Waals surface area contributed by atoms with Gasteiger partial charge in [-0.3, -0.25) is 14.5 Å². The Bertz CT molecular complexity index is 950. The first-order valence-electron chi connectivity index (χ1n) is 11.8. The van der Waals surface area contributed by atoms with Gasteiger partial charge in [-0.15, -0.1) is 0 Å². The first-order valence-corrected chi connectivity index (χ1v) is 11.8. The van der Waals surface area contributed by atoms with Gasteiger partial charge in [0, 0.05) is 31.7 Å². The van der Waals surface area contributed by atoms with Gasteiger partial charge < -0.3 is 20.1 Å². The van der Waals surface area contributed by atoms with Gasteiger partial charge in [0.2, 0.25) is 0 Å². The number of piperidine rings is 1. The normalized spacial score (nSPS) is 17.6. The summed E-state index contributed by atoms with van der Waals surface area (Å²) in [5.41, 5.74) is 7.32. The van der Waals surface area contributed by atoms with Crippen molar-refractivity contribution in [2.45, 2.75) is 25.9 Å². The number of likely N-dealkylation sites (tertiary alicyclic amines) is 1. The van der Waals surface area contributed by atoms with E-state index in [1.54, 1.807) is 24.3 Å². The molecule has 0 saturated carbocycles. The van der Waals surface area contributed by atoms with E-state index >= 15 is 0 Å². The van der Waals surface area contributed by atoms with Gasteiger partial charge in [0.25, 0.3) is 11.8 Å². The van der Waals surface area contributed by atoms with E-state index < -0.39 is 5.91 Å². The van der Waals surface area contributed by atoms with Crippen molar-refractivity contribution in [1.82, 2.24) is 9.80 Å². The van der Waals surface area contributed by atoms with Gasteiger partial charge in [0.15, 0.2) is 0 Å². The van der Waals surface area contributed by atoms with Gasteiger partial charge >= 0.3 is 0 Å². The number of benzene rings is 2. The monoisotopic (exact) mass is 451 g/mol. The largest absolute Gasteiger partial charge is 0.488 e. The van der Waals surface area contributed by atoms with Crippen molar-refractivity contribution in [3.63, 3.8) is 0 Å². The number of carbonyl (C=O) groups excluding carboxylic acids is 2. The van der Waals surface area contributed by atoms with Gasteiger partial charge in [0.05, 0.1) is 18.8 Å². The molecule has 2 heterocycles. The molecule has 2 amide bonds. The molecular formula is C26H33N3O4. The van der Waals surface area contributed by atoms with Crippen LogP contribution in [0.4, 0.5) is 0 Å². The number of primary amides is 1. The first kappa shape index (κ1) is 23.3. The minimum absolute atomic E-state index is 0.0704. The Morgan fingerprint density at radius 1 is 1.00 bits per heavy atom. The predicted molar refractivity (Wildman–Crippen MR) is 126 cm³/mol. The maximum Gasteiger partial charge on any atom is 0.253 e. The smallest absolute Gasteiger partial charge is 0.253 e. The topological polar surface area (TPSA) is 85.1 Å². The van der Waals surface area contributed by atoms with Gasteiger partial charge in [0.1, 0.15) is 12.4 Å². The number of nitrogens with zero attached hydrogens (tertiary/aromatic N) is 2. The lowest BCUT2D eigenvalue weighted by Crippen LogP contribution is -2.40. The molecule has 4 rings (SSSR count). The number of hydrogen-bond donors (Lipinski definition) is 1. The van der Waals surface area contributed by atoms with Crippen molar-refractivity contribution < 1.29 is 19.1 Å². The quantitative estimate of drug-likeness (QED) is 0.667. The third kappa shape index (κ3) is 6.33. The SMILES string of the molecule is NC(=O)c1ccccc1OCc1cccc(C(=O)N2CCC(CCN3CCOCC3)CC2)c1. The third-order valence-corrected chi connectivity index (χ3v) is 6.58. The molecule has 0 aliphatic carbocycles. The van der Waals surface area contributed by atoms with Crippen LogP contribution < -0.4 is 10.5 Å². The summed E-state index contributed by atoms with van der Waals surface area (Å²) in [6, 6.07) is 14.4. The van der Waals surface area contributed by atoms with Crippen LogP contribution >= 0.6 is 0 Å². The number of hydrogen-bond acceptors (Lipinski definition) is 5. The Morgan fingerprint density at radius 2 is 1.76 bits per heavy atom. The molecule has 0 spiro atoms. The van der Waals surface area contributed by atoms with Crippen LogP contribution in [0.1, 0.15) is 45.5 Å². The molecule has 0 atom stereocenters. The van der Waals surface area contributed by atoms with E-state index in [-0.39, 0.29) is 12.5 Å². The number of ether oxygens (including phenoxy) is 2. The fourth-order valence-electron chi connectivity index (χ4n) is 4.55. The minimum atomic E-state index is -0.525. The van der Waals surface area contributed by atoms with Crippen LogP contribution in [0.2, 0.25) is 0 Å². The summed E-state index contributed by atoms with van der Waals surface area (Å²) < 4.78 is 11.2. The molecule has 33 heavy (non-hydrogen) atoms. The van der Waals surface area contributed by atoms with Crippen LogP contribution in [-0.4, -0.2) is 67.6 Å². The number of carbonyl (C=O) groups is 2. The van der Waals surface area contributed by atoms with Gasteiger partial charge in [-0.1, -0.05) is 24.3 Å². The zero-order valence-corrected chi connectivity index (χ0v) is 19.1. The zero-order chi connectivity index (χ0) is 23.0. The lowest BCUT2D eigenvalue weighted by molar-refractivity contribution is 0.0332. The van der Waals surface area contributed by atoms with E-state index in [1.165, 1.54) is 6.42 Å². The maximum absolute atomic E-state index is 13.1. The van der Waals surface area contributed by atoms with Crippen LogP contribution in [0.15, 0.2) is 48.5 Å². The number of para-hydroxylation sites is 1. The van der Waals surface area contributed by atoms with Crippen LogP contribution in [0, 0.1) is 5.92 Å². The summed E-state index contributed by atoms with van der Waals surface area (Å²) in [5.74, 6) is 0.673. The number of nitrogens with two attached hydrogens (primary N) is 1. The summed E-state index contributed by atoms with van der Waals surface area (Å²) >= 11 is 0. The summed E-state index contributed by atoms with van der Waals surface area (Å²) in [5, 5.41) is 0. The molecule has 7 heteroatoms. The first-order chi connectivity index (χ1) is 16.1. The molecule has 176 valence electrons. The van der Waals surface area contributed by atoms with Crippen molar-refractivity contribution in [3.8, 4) is 5.75 Å². The molecule has 2 aliphatic heterocycles. The molecule has 7 nitrogen and oxygen atoms in total. The Morgan fingerprint density at radius 3 is 2.52 bits per heavy atom. The zero-order valence-electron chi connectivity index (χ0n) is 19.1. The van der Waals surface area contributed by atoms with Gasteiger partial charge in [-0.05, 0) is 61.6 Å². The van der Waals surface area contributed by atoms with Crippen molar-refractivity contribution in [1.29, 1.82) is 0 Å². The van der Waals surface area contributed by atoms with E-state index in [1.807, 2.05) is 29.2 Å². The Hall–Kier alpha value is -2.90. The highest BCUT2D eigenvalue weighted by atomic mass is 16.5. The van der Waals surface area contributed by atoms with Crippen LogP contribution in [0.5, 0.6) is 5.75 Å². The minimum Gasteiger partial charge on any atom is -0.488 e. The summed E-state index contributed by atoms with van der Waals surface area (Å²) in [4.78, 5) is 29.1. The van der Waals surface area contributed by atoms with Crippen molar-refractivity contribution in [2.75, 3.05) is 45.9 Å². The number of amides is 2. The average molecular weight is 452 g/mol. The predicted octanol–water partition coefficient (Wildman–Crippen LogP) is 2.94. The highest BCUT2D eigenvalue weighted by Crippen LogP contribution is 2.23. The maximum atomic E-state index is 13.1. The van der Waals surface area contributed by atoms with Gasteiger partial charge in [-0.25, -0.2) is 0 Å². The fraction of sp³-hybridized carbons (Fsp3) is 0.462. The molecule has 2 fully saturated rings. The molecule has 2 saturated heterocycles. The Labute approximate surface area is 195 Å². The summed E-state index contributed by atoms with van der Waals surface area (Å²) in [7, 11) is 0. The Kier molecular flexibility index (Phi) is 7.96. The van der Waals surface area contributed by atoms with Crippen LogP contribution in [-0.2, 0) is 11.3 Å². The lowest BCUT2D eigenvalue weighted by Gasteiger charge is -2.34. The van der Waals surface area contributed by atoms with Gasteiger partial charge in [-0.2, -0.15) is 0 Å². The molecule has 0 radical (unpaired) electrons. The molecule has 0 bridgehead atoms. The standard InChI is InChI=1S/C26H33N3O4/c27-25(30)23-6-1-2-7-24(23)33-19-21-4-3-5-22(18-21)26(31)29-12-9-20(10-13-29)8-11-28-14-16-32-17-15-28/h1-7,18,20H,8-17,19H2,(H2,27,30). The molecule has 2 aromatic rings. The Balaban J connectivity index is 1.28. The van der Waals surface area contributed by atoms with E-state index in [0.29, 0.717) is 22.8 Å². The van der Waals surface area contributed by atoms with Crippen molar-refractivity contribution in [3.05, 3.63) is 65.2 Å². The number of rotatable bonds is 8. The van der Waals surface area contributed by atoms with Crippen molar-refractivity contribution in [2.24, 2.45) is 11.7 Å². The second-order valence-corrected chi connectivity index (χ2v) is 8.83. The molecule has 2 aliphatic rings. The molecule has 2 N–H and O–H groups in total. The van der Waals surface area contributed by atoms with E-state index in [2.05, 4.69) is 4.90 Å². The third-order valence-electron chi connectivity index (χ3n) is 6.58. The average Bonchev–Trinajstić information content (AvgIpc) is 2.87. The molecule has 0 aromatic heterocycles. The molecular weight excluding hydrogens is 418 g/mol. The summed E-state index contributed by atoms with van der Waals surface area (Å²) in [6.45, 7) is 6.75. The van der Waals surface area contributed by atoms with E-state index in [4.69, 9.17) is 15.2 Å².